The van der Waals surface area contributed by atoms with Crippen LogP contribution in [-0.4, -0.2) is 14.9 Å². The molecule has 0 amide bonds. The molecule has 0 aliphatic rings. The van der Waals surface area contributed by atoms with Crippen LogP contribution < -0.4 is 5.32 Å². The van der Waals surface area contributed by atoms with Gasteiger partial charge in [-0.25, -0.2) is 0 Å². The summed E-state index contributed by atoms with van der Waals surface area (Å²) in [7, 11) is 0. The van der Waals surface area contributed by atoms with Crippen molar-refractivity contribution >= 4 is 17.5 Å². The Hall–Kier alpha value is -2.50. The van der Waals surface area contributed by atoms with E-state index in [1.165, 1.54) is 12.3 Å². The summed E-state index contributed by atoms with van der Waals surface area (Å²) in [4.78, 5) is 17.6. The highest BCUT2D eigenvalue weighted by atomic mass is 16.6. The van der Waals surface area contributed by atoms with Crippen LogP contribution in [0.25, 0.3) is 0 Å². The number of nitrogens with zero attached hydrogens (tertiary/aromatic N) is 3. The lowest BCUT2D eigenvalue weighted by Gasteiger charge is -2.00. The first-order valence-electron chi connectivity index (χ1n) is 4.55. The monoisotopic (exact) mass is 216 g/mol. The van der Waals surface area contributed by atoms with Gasteiger partial charge in [-0.3, -0.25) is 0 Å². The quantitative estimate of drug-likeness (QED) is 0.627. The molecule has 0 radical (unpaired) electrons. The molecule has 6 heteroatoms. The number of nitro groups is 1. The molecule has 0 unspecified atom stereocenters. The van der Waals surface area contributed by atoms with Crippen LogP contribution in [0.1, 0.15) is 0 Å². The van der Waals surface area contributed by atoms with Crippen molar-refractivity contribution in [2.45, 2.75) is 0 Å². The Balaban J connectivity index is 2.22. The first-order valence-corrected chi connectivity index (χ1v) is 4.55. The summed E-state index contributed by atoms with van der Waals surface area (Å²) in [6, 6.07) is 10.5. The number of benzene rings is 1. The number of anilines is 2. The Morgan fingerprint density at radius 3 is 2.62 bits per heavy atom. The Kier molecular flexibility index (Phi) is 2.73. The zero-order valence-electron chi connectivity index (χ0n) is 8.20. The zero-order valence-corrected chi connectivity index (χ0v) is 8.20. The van der Waals surface area contributed by atoms with Gasteiger partial charge in [0.15, 0.2) is 0 Å². The zero-order chi connectivity index (χ0) is 11.4. The predicted octanol–water partition coefficient (Wildman–Crippen LogP) is 2.13. The van der Waals surface area contributed by atoms with Crippen molar-refractivity contribution in [2.75, 3.05) is 5.32 Å². The van der Waals surface area contributed by atoms with Crippen molar-refractivity contribution < 1.29 is 4.92 Å². The Morgan fingerprint density at radius 1 is 1.19 bits per heavy atom. The predicted molar refractivity (Wildman–Crippen MR) is 58.4 cm³/mol. The van der Waals surface area contributed by atoms with Crippen molar-refractivity contribution in [1.29, 1.82) is 0 Å². The summed E-state index contributed by atoms with van der Waals surface area (Å²) >= 11 is 0. The normalized spacial score (nSPS) is 9.75. The largest absolute Gasteiger partial charge is 0.369 e. The fraction of sp³-hybridized carbons (Fsp3) is 0. The molecule has 0 fully saturated rings. The second-order valence-electron chi connectivity index (χ2n) is 2.99. The smallest absolute Gasteiger partial charge is 0.358 e. The standard InChI is InChI=1S/C10H8N4O2/c15-14(16)9-6-7-11-10(13-9)12-8-4-2-1-3-5-8/h1-7H,(H,11,12,13). The summed E-state index contributed by atoms with van der Waals surface area (Å²) in [5, 5.41) is 13.4. The van der Waals surface area contributed by atoms with Crippen molar-refractivity contribution in [1.82, 2.24) is 9.97 Å². The maximum atomic E-state index is 10.5. The van der Waals surface area contributed by atoms with Crippen LogP contribution >= 0.6 is 0 Å². The number of hydrogen-bond donors (Lipinski definition) is 1. The minimum atomic E-state index is -0.558. The molecule has 2 rings (SSSR count). The van der Waals surface area contributed by atoms with Crippen LogP contribution in [0.2, 0.25) is 0 Å². The van der Waals surface area contributed by atoms with Crippen LogP contribution in [0.15, 0.2) is 42.6 Å². The van der Waals surface area contributed by atoms with E-state index in [2.05, 4.69) is 15.3 Å². The number of rotatable bonds is 3. The van der Waals surface area contributed by atoms with E-state index in [-0.39, 0.29) is 11.8 Å². The first-order chi connectivity index (χ1) is 7.75. The van der Waals surface area contributed by atoms with Crippen LogP contribution in [0.5, 0.6) is 0 Å². The van der Waals surface area contributed by atoms with E-state index < -0.39 is 4.92 Å². The third-order valence-electron chi connectivity index (χ3n) is 1.86. The average Bonchev–Trinajstić information content (AvgIpc) is 2.30. The lowest BCUT2D eigenvalue weighted by atomic mass is 10.3. The molecule has 0 aliphatic heterocycles. The van der Waals surface area contributed by atoms with Gasteiger partial charge in [0.1, 0.15) is 0 Å². The van der Waals surface area contributed by atoms with E-state index in [9.17, 15) is 10.1 Å². The summed E-state index contributed by atoms with van der Waals surface area (Å²) < 4.78 is 0. The van der Waals surface area contributed by atoms with Crippen molar-refractivity contribution in [3.05, 3.63) is 52.7 Å². The molecule has 0 spiro atoms. The van der Waals surface area contributed by atoms with Gasteiger partial charge in [0.25, 0.3) is 0 Å². The Bertz CT molecular complexity index is 501. The van der Waals surface area contributed by atoms with Gasteiger partial charge in [-0.2, -0.15) is 4.98 Å². The second-order valence-corrected chi connectivity index (χ2v) is 2.99. The topological polar surface area (TPSA) is 81.0 Å². The van der Waals surface area contributed by atoms with Gasteiger partial charge in [-0.15, -0.1) is 0 Å². The molecule has 1 aromatic carbocycles. The highest BCUT2D eigenvalue weighted by Gasteiger charge is 2.10. The van der Waals surface area contributed by atoms with Gasteiger partial charge < -0.3 is 15.4 Å². The lowest BCUT2D eigenvalue weighted by Crippen LogP contribution is -1.99. The Labute approximate surface area is 91.1 Å². The molecule has 1 aromatic heterocycles. The molecule has 80 valence electrons. The van der Waals surface area contributed by atoms with Crippen molar-refractivity contribution in [2.24, 2.45) is 0 Å². The first kappa shape index (κ1) is 10.0. The summed E-state index contributed by atoms with van der Waals surface area (Å²) in [6.07, 6.45) is 1.34. The van der Waals surface area contributed by atoms with Crippen molar-refractivity contribution in [3.8, 4) is 0 Å². The van der Waals surface area contributed by atoms with Gasteiger partial charge >= 0.3 is 11.8 Å². The maximum Gasteiger partial charge on any atom is 0.369 e. The highest BCUT2D eigenvalue weighted by Crippen LogP contribution is 2.13. The second kappa shape index (κ2) is 4.35. The van der Waals surface area contributed by atoms with E-state index in [0.717, 1.165) is 5.69 Å². The number of hydrogen-bond acceptors (Lipinski definition) is 5. The van der Waals surface area contributed by atoms with E-state index in [4.69, 9.17) is 0 Å². The molecule has 1 N–H and O–H groups in total. The molecule has 0 atom stereocenters. The number of aromatic nitrogens is 2. The molecule has 16 heavy (non-hydrogen) atoms. The van der Waals surface area contributed by atoms with Crippen LogP contribution in [0, 0.1) is 10.1 Å². The van der Waals surface area contributed by atoms with Crippen LogP contribution in [0.3, 0.4) is 0 Å². The summed E-state index contributed by atoms with van der Waals surface area (Å²) in [5.41, 5.74) is 0.781. The van der Waals surface area contributed by atoms with E-state index >= 15 is 0 Å². The SMILES string of the molecule is O=[N+]([O-])c1ccnc(Nc2ccccc2)n1. The van der Waals surface area contributed by atoms with Crippen LogP contribution in [0.4, 0.5) is 17.5 Å². The highest BCUT2D eigenvalue weighted by molar-refractivity contribution is 5.53. The van der Waals surface area contributed by atoms with Gasteiger partial charge in [0.2, 0.25) is 0 Å². The minimum Gasteiger partial charge on any atom is -0.358 e. The fourth-order valence-electron chi connectivity index (χ4n) is 1.16. The summed E-state index contributed by atoms with van der Waals surface area (Å²) in [5.74, 6) is -0.0196. The van der Waals surface area contributed by atoms with Crippen molar-refractivity contribution in [3.63, 3.8) is 0 Å². The molecule has 6 nitrogen and oxygen atoms in total. The molecule has 0 saturated heterocycles. The van der Waals surface area contributed by atoms with Gasteiger partial charge in [-0.1, -0.05) is 18.2 Å². The fourth-order valence-corrected chi connectivity index (χ4v) is 1.16. The molecular weight excluding hydrogens is 208 g/mol. The molecule has 0 bridgehead atoms. The van der Waals surface area contributed by atoms with Crippen LogP contribution in [-0.2, 0) is 0 Å². The molecule has 2 aromatic rings. The molecular formula is C10H8N4O2. The Morgan fingerprint density at radius 2 is 1.94 bits per heavy atom. The molecule has 0 aliphatic carbocycles. The van der Waals surface area contributed by atoms with Gasteiger partial charge in [-0.05, 0) is 17.1 Å². The van der Waals surface area contributed by atoms with Gasteiger partial charge in [0.05, 0.1) is 6.07 Å². The molecule has 0 saturated carbocycles. The van der Waals surface area contributed by atoms with E-state index in [1.54, 1.807) is 0 Å². The van der Waals surface area contributed by atoms with Gasteiger partial charge in [0, 0.05) is 16.9 Å². The van der Waals surface area contributed by atoms with E-state index in [0.29, 0.717) is 0 Å². The minimum absolute atomic E-state index is 0.209. The average molecular weight is 216 g/mol. The number of nitrogens with one attached hydrogen (secondary N) is 1. The lowest BCUT2D eigenvalue weighted by molar-refractivity contribution is -0.389. The third-order valence-corrected chi connectivity index (χ3v) is 1.86. The maximum absolute atomic E-state index is 10.5. The van der Waals surface area contributed by atoms with E-state index in [1.807, 2.05) is 30.3 Å². The third kappa shape index (κ3) is 2.30. The summed E-state index contributed by atoms with van der Waals surface area (Å²) in [6.45, 7) is 0. The molecule has 1 heterocycles. The number of para-hydroxylation sites is 1.